The lowest BCUT2D eigenvalue weighted by Gasteiger charge is -2.25. The average Bonchev–Trinajstić information content (AvgIpc) is 3.44. The summed E-state index contributed by atoms with van der Waals surface area (Å²) >= 11 is 0. The zero-order valence-electron chi connectivity index (χ0n) is 16.1. The fourth-order valence-electron chi connectivity index (χ4n) is 3.31. The Labute approximate surface area is 170 Å². The molecule has 1 N–H and O–H groups in total. The second-order valence-electron chi connectivity index (χ2n) is 6.94. The van der Waals surface area contributed by atoms with Gasteiger partial charge in [0, 0.05) is 13.2 Å². The zero-order valence-corrected chi connectivity index (χ0v) is 16.1. The van der Waals surface area contributed by atoms with E-state index in [1.165, 1.54) is 0 Å². The smallest absolute Gasteiger partial charge is 0.322 e. The van der Waals surface area contributed by atoms with E-state index in [1.54, 1.807) is 11.2 Å². The number of nitrogens with zero attached hydrogens (tertiary/aromatic N) is 1. The van der Waals surface area contributed by atoms with Gasteiger partial charge in [-0.05, 0) is 49.2 Å². The van der Waals surface area contributed by atoms with Crippen molar-refractivity contribution in [2.24, 2.45) is 0 Å². The average molecular weight is 392 g/mol. The Balaban J connectivity index is 1.49. The molecule has 0 radical (unpaired) electrons. The first-order valence-electron chi connectivity index (χ1n) is 9.80. The molecule has 4 rings (SSSR count). The molecule has 1 unspecified atom stereocenters. The molecular formula is C23H24N2O4. The maximum atomic E-state index is 13.1. The summed E-state index contributed by atoms with van der Waals surface area (Å²) in [5.41, 5.74) is 0.609. The molecule has 2 aromatic carbocycles. The molecule has 1 aliphatic rings. The largest absolute Gasteiger partial charge is 0.467 e. The van der Waals surface area contributed by atoms with E-state index >= 15 is 0 Å². The van der Waals surface area contributed by atoms with E-state index in [-0.39, 0.29) is 12.1 Å². The molecule has 3 aromatic rings. The topological polar surface area (TPSA) is 63.9 Å². The molecule has 6 nitrogen and oxygen atoms in total. The summed E-state index contributed by atoms with van der Waals surface area (Å²) in [7, 11) is 0. The number of ether oxygens (including phenoxy) is 2. The third kappa shape index (κ3) is 5.18. The van der Waals surface area contributed by atoms with Gasteiger partial charge in [0.05, 0.1) is 24.6 Å². The lowest BCUT2D eigenvalue weighted by atomic mass is 10.2. The number of hydrogen-bond donors (Lipinski definition) is 1. The molecular weight excluding hydrogens is 368 g/mol. The number of anilines is 1. The molecule has 1 aromatic heterocycles. The molecule has 6 heteroatoms. The van der Waals surface area contributed by atoms with E-state index < -0.39 is 0 Å². The summed E-state index contributed by atoms with van der Waals surface area (Å²) in [6.07, 6.45) is 3.64. The van der Waals surface area contributed by atoms with E-state index in [0.717, 1.165) is 25.2 Å². The number of carbonyl (C=O) groups excluding carboxylic acids is 1. The van der Waals surface area contributed by atoms with Gasteiger partial charge in [-0.2, -0.15) is 0 Å². The van der Waals surface area contributed by atoms with E-state index in [2.05, 4.69) is 5.32 Å². The molecule has 0 saturated carbocycles. The van der Waals surface area contributed by atoms with Gasteiger partial charge in [0.15, 0.2) is 5.75 Å². The first-order valence-corrected chi connectivity index (χ1v) is 9.80. The highest BCUT2D eigenvalue weighted by Crippen LogP contribution is 2.29. The maximum Gasteiger partial charge on any atom is 0.322 e. The van der Waals surface area contributed by atoms with Crippen LogP contribution in [0.3, 0.4) is 0 Å². The number of nitrogens with one attached hydrogen (secondary N) is 1. The van der Waals surface area contributed by atoms with Crippen LogP contribution >= 0.6 is 0 Å². The molecule has 1 saturated heterocycles. The van der Waals surface area contributed by atoms with Crippen LogP contribution in [0.15, 0.2) is 77.4 Å². The van der Waals surface area contributed by atoms with Gasteiger partial charge >= 0.3 is 6.03 Å². The fraction of sp³-hybridized carbons (Fsp3) is 0.261. The Morgan fingerprint density at radius 3 is 2.66 bits per heavy atom. The van der Waals surface area contributed by atoms with Crippen LogP contribution in [0.5, 0.6) is 11.5 Å². The van der Waals surface area contributed by atoms with Crippen LogP contribution in [0.4, 0.5) is 10.5 Å². The standard InChI is InChI=1S/C23H24N2O4/c26-23(25(16-19-10-6-14-27-19)17-20-11-7-15-28-20)24-21-12-4-5-13-22(21)29-18-8-2-1-3-9-18/h1-6,8-10,12-14,20H,7,11,15-17H2,(H,24,26). The van der Waals surface area contributed by atoms with Gasteiger partial charge in [-0.3, -0.25) is 0 Å². The summed E-state index contributed by atoms with van der Waals surface area (Å²) in [6.45, 7) is 1.63. The minimum absolute atomic E-state index is 0.0477. The highest BCUT2D eigenvalue weighted by atomic mass is 16.5. The van der Waals surface area contributed by atoms with Gasteiger partial charge < -0.3 is 24.1 Å². The van der Waals surface area contributed by atoms with Crippen molar-refractivity contribution in [1.29, 1.82) is 0 Å². The third-order valence-electron chi connectivity index (χ3n) is 4.76. The Morgan fingerprint density at radius 2 is 1.90 bits per heavy atom. The van der Waals surface area contributed by atoms with Gasteiger partial charge in [-0.25, -0.2) is 4.79 Å². The maximum absolute atomic E-state index is 13.1. The summed E-state index contributed by atoms with van der Waals surface area (Å²) in [5.74, 6) is 2.02. The first kappa shape index (κ1) is 19.1. The predicted molar refractivity (Wildman–Crippen MR) is 110 cm³/mol. The number of urea groups is 1. The molecule has 1 aliphatic heterocycles. The molecule has 1 atom stereocenters. The molecule has 2 amide bonds. The van der Waals surface area contributed by atoms with Crippen LogP contribution in [-0.2, 0) is 11.3 Å². The molecule has 1 fully saturated rings. The molecule has 29 heavy (non-hydrogen) atoms. The molecule has 0 bridgehead atoms. The van der Waals surface area contributed by atoms with Gasteiger partial charge in [0.2, 0.25) is 0 Å². The van der Waals surface area contributed by atoms with E-state index in [9.17, 15) is 4.79 Å². The Bertz CT molecular complexity index is 906. The lowest BCUT2D eigenvalue weighted by molar-refractivity contribution is 0.0803. The van der Waals surface area contributed by atoms with Gasteiger partial charge in [0.25, 0.3) is 0 Å². The van der Waals surface area contributed by atoms with Crippen molar-refractivity contribution in [3.05, 3.63) is 78.8 Å². The van der Waals surface area contributed by atoms with Crippen LogP contribution in [0.2, 0.25) is 0 Å². The van der Waals surface area contributed by atoms with Crippen molar-refractivity contribution in [3.8, 4) is 11.5 Å². The molecule has 0 aliphatic carbocycles. The van der Waals surface area contributed by atoms with Crippen molar-refractivity contribution in [2.75, 3.05) is 18.5 Å². The number of furan rings is 1. The van der Waals surface area contributed by atoms with E-state index in [0.29, 0.717) is 30.3 Å². The summed E-state index contributed by atoms with van der Waals surface area (Å²) < 4.78 is 17.1. The van der Waals surface area contributed by atoms with Gasteiger partial charge in [-0.15, -0.1) is 0 Å². The van der Waals surface area contributed by atoms with Crippen LogP contribution < -0.4 is 10.1 Å². The van der Waals surface area contributed by atoms with E-state index in [4.69, 9.17) is 13.9 Å². The SMILES string of the molecule is O=C(Nc1ccccc1Oc1ccccc1)N(Cc1ccco1)CC1CCCO1. The van der Waals surface area contributed by atoms with Crippen LogP contribution in [0.25, 0.3) is 0 Å². The molecule has 2 heterocycles. The van der Waals surface area contributed by atoms with Crippen LogP contribution in [0.1, 0.15) is 18.6 Å². The Kier molecular flexibility index (Phi) is 6.12. The summed E-state index contributed by atoms with van der Waals surface area (Å²) in [6, 6.07) is 20.4. The first-order chi connectivity index (χ1) is 14.3. The van der Waals surface area contributed by atoms with Crippen LogP contribution in [-0.4, -0.2) is 30.2 Å². The fourth-order valence-corrected chi connectivity index (χ4v) is 3.31. The number of hydrogen-bond acceptors (Lipinski definition) is 4. The number of para-hydroxylation sites is 3. The predicted octanol–water partition coefficient (Wildman–Crippen LogP) is 5.29. The second kappa shape index (κ2) is 9.30. The summed E-state index contributed by atoms with van der Waals surface area (Å²) in [5, 5.41) is 2.98. The normalized spacial score (nSPS) is 15.8. The number of benzene rings is 2. The molecule has 0 spiro atoms. The zero-order chi connectivity index (χ0) is 19.9. The van der Waals surface area contributed by atoms with Crippen molar-refractivity contribution in [3.63, 3.8) is 0 Å². The van der Waals surface area contributed by atoms with Crippen LogP contribution in [0, 0.1) is 0 Å². The van der Waals surface area contributed by atoms with Gasteiger partial charge in [-0.1, -0.05) is 30.3 Å². The van der Waals surface area contributed by atoms with Crippen molar-refractivity contribution in [2.45, 2.75) is 25.5 Å². The number of amides is 2. The Morgan fingerprint density at radius 1 is 1.07 bits per heavy atom. The van der Waals surface area contributed by atoms with Crippen molar-refractivity contribution >= 4 is 11.7 Å². The highest BCUT2D eigenvalue weighted by molar-refractivity contribution is 5.91. The number of carbonyl (C=O) groups is 1. The lowest BCUT2D eigenvalue weighted by Crippen LogP contribution is -2.39. The Hall–Kier alpha value is -3.25. The molecule has 150 valence electrons. The summed E-state index contributed by atoms with van der Waals surface area (Å²) in [4.78, 5) is 14.8. The van der Waals surface area contributed by atoms with Crippen molar-refractivity contribution < 1.29 is 18.7 Å². The number of rotatable bonds is 7. The monoisotopic (exact) mass is 392 g/mol. The third-order valence-corrected chi connectivity index (χ3v) is 4.76. The highest BCUT2D eigenvalue weighted by Gasteiger charge is 2.24. The minimum Gasteiger partial charge on any atom is -0.467 e. The van der Waals surface area contributed by atoms with Gasteiger partial charge in [0.1, 0.15) is 11.5 Å². The van der Waals surface area contributed by atoms with E-state index in [1.807, 2.05) is 66.7 Å². The second-order valence-corrected chi connectivity index (χ2v) is 6.94. The van der Waals surface area contributed by atoms with Crippen molar-refractivity contribution in [1.82, 2.24) is 4.90 Å². The quantitative estimate of drug-likeness (QED) is 0.594. The minimum atomic E-state index is -0.221.